The highest BCUT2D eigenvalue weighted by Crippen LogP contribution is 2.20. The van der Waals surface area contributed by atoms with Gasteiger partial charge in [0.05, 0.1) is 12.6 Å². The molecule has 1 aliphatic carbocycles. The molecule has 1 aromatic heterocycles. The summed E-state index contributed by atoms with van der Waals surface area (Å²) in [6.45, 7) is 5.80. The van der Waals surface area contributed by atoms with E-state index in [1.807, 2.05) is 4.68 Å². The van der Waals surface area contributed by atoms with Gasteiger partial charge in [0.15, 0.2) is 11.8 Å². The molecule has 0 spiro atoms. The number of nitrogens with zero attached hydrogens (tertiary/aromatic N) is 4. The molecule has 8 nitrogen and oxygen atoms in total. The van der Waals surface area contributed by atoms with Crippen molar-refractivity contribution in [1.29, 1.82) is 0 Å². The molecule has 0 aromatic carbocycles. The van der Waals surface area contributed by atoms with Gasteiger partial charge in [-0.3, -0.25) is 4.99 Å². The minimum Gasteiger partial charge on any atom is -0.378 e. The Morgan fingerprint density at radius 1 is 1.24 bits per heavy atom. The van der Waals surface area contributed by atoms with E-state index >= 15 is 0 Å². The van der Waals surface area contributed by atoms with Gasteiger partial charge in [-0.05, 0) is 32.6 Å². The molecule has 0 radical (unpaired) electrons. The maximum atomic E-state index is 6.00. The van der Waals surface area contributed by atoms with Crippen LogP contribution >= 0.6 is 24.0 Å². The lowest BCUT2D eigenvalue weighted by Crippen LogP contribution is -2.47. The number of ether oxygens (including phenoxy) is 2. The van der Waals surface area contributed by atoms with Gasteiger partial charge in [0.2, 0.25) is 0 Å². The highest BCUT2D eigenvalue weighted by atomic mass is 127. The van der Waals surface area contributed by atoms with Crippen LogP contribution in [-0.2, 0) is 29.0 Å². The van der Waals surface area contributed by atoms with E-state index in [2.05, 4.69) is 27.6 Å². The van der Waals surface area contributed by atoms with Gasteiger partial charge in [0.1, 0.15) is 12.4 Å². The molecule has 0 bridgehead atoms. The number of fused-ring (bicyclic) bond motifs is 1. The molecule has 1 saturated carbocycles. The van der Waals surface area contributed by atoms with Crippen LogP contribution in [-0.4, -0.2) is 59.7 Å². The number of halogens is 1. The van der Waals surface area contributed by atoms with Crippen molar-refractivity contribution in [2.45, 2.75) is 83.6 Å². The van der Waals surface area contributed by atoms with E-state index in [0.717, 1.165) is 63.1 Å². The molecule has 3 rings (SSSR count). The number of hydrogen-bond donors (Lipinski definition) is 2. The number of methoxy groups -OCH3 is 1. The van der Waals surface area contributed by atoms with Crippen LogP contribution in [0.3, 0.4) is 0 Å². The fraction of sp³-hybridized carbons (Fsp3) is 0.850. The van der Waals surface area contributed by atoms with Gasteiger partial charge in [-0.15, -0.1) is 24.0 Å². The van der Waals surface area contributed by atoms with E-state index in [1.165, 1.54) is 32.1 Å². The van der Waals surface area contributed by atoms with Crippen LogP contribution < -0.4 is 10.6 Å². The second kappa shape index (κ2) is 13.4. The summed E-state index contributed by atoms with van der Waals surface area (Å²) in [6, 6.07) is 0.306. The summed E-state index contributed by atoms with van der Waals surface area (Å²) in [6.07, 6.45) is 9.85. The largest absolute Gasteiger partial charge is 0.378 e. The van der Waals surface area contributed by atoms with Crippen LogP contribution in [0.1, 0.15) is 63.5 Å². The van der Waals surface area contributed by atoms with Crippen LogP contribution in [0.5, 0.6) is 0 Å². The Labute approximate surface area is 191 Å². The lowest BCUT2D eigenvalue weighted by molar-refractivity contribution is 0.0281. The minimum atomic E-state index is 0. The van der Waals surface area contributed by atoms with Gasteiger partial charge in [-0.1, -0.05) is 19.3 Å². The van der Waals surface area contributed by atoms with Crippen molar-refractivity contribution in [1.82, 2.24) is 25.4 Å². The molecule has 166 valence electrons. The summed E-state index contributed by atoms with van der Waals surface area (Å²) in [5.41, 5.74) is 0. The van der Waals surface area contributed by atoms with E-state index in [9.17, 15) is 0 Å². The van der Waals surface area contributed by atoms with E-state index < -0.39 is 0 Å². The van der Waals surface area contributed by atoms with Crippen molar-refractivity contribution in [3.8, 4) is 0 Å². The number of guanidine groups is 1. The van der Waals surface area contributed by atoms with E-state index in [4.69, 9.17) is 14.5 Å². The topological polar surface area (TPSA) is 85.6 Å². The normalized spacial score (nSPS) is 20.1. The number of nitrogens with one attached hydrogen (secondary N) is 2. The summed E-state index contributed by atoms with van der Waals surface area (Å²) < 4.78 is 13.1. The van der Waals surface area contributed by atoms with Crippen LogP contribution in [0.25, 0.3) is 0 Å². The Morgan fingerprint density at radius 2 is 2.07 bits per heavy atom. The Balaban J connectivity index is 0.00000300. The molecular formula is C20H37IN6O2. The maximum Gasteiger partial charge on any atom is 0.191 e. The van der Waals surface area contributed by atoms with Crippen LogP contribution in [0.2, 0.25) is 0 Å². The Kier molecular flexibility index (Phi) is 11.2. The number of aliphatic imine (C=N–C) groups is 1. The van der Waals surface area contributed by atoms with Gasteiger partial charge >= 0.3 is 0 Å². The highest BCUT2D eigenvalue weighted by molar-refractivity contribution is 14.0. The third-order valence-corrected chi connectivity index (χ3v) is 5.34. The van der Waals surface area contributed by atoms with Gasteiger partial charge < -0.3 is 20.1 Å². The van der Waals surface area contributed by atoms with Crippen molar-refractivity contribution >= 4 is 29.9 Å². The zero-order valence-electron chi connectivity index (χ0n) is 17.9. The smallest absolute Gasteiger partial charge is 0.191 e. The van der Waals surface area contributed by atoms with Crippen molar-refractivity contribution < 1.29 is 9.47 Å². The molecule has 1 aliphatic heterocycles. The molecule has 9 heteroatoms. The zero-order chi connectivity index (χ0) is 19.6. The van der Waals surface area contributed by atoms with Crippen LogP contribution in [0.4, 0.5) is 0 Å². The average Bonchev–Trinajstić information content (AvgIpc) is 3.10. The lowest BCUT2D eigenvalue weighted by atomic mass is 9.98. The molecule has 1 fully saturated rings. The van der Waals surface area contributed by atoms with Gasteiger partial charge in [0, 0.05) is 39.3 Å². The summed E-state index contributed by atoms with van der Waals surface area (Å²) >= 11 is 0. The predicted molar refractivity (Wildman–Crippen MR) is 125 cm³/mol. The molecule has 2 aliphatic rings. The fourth-order valence-electron chi connectivity index (χ4n) is 3.92. The van der Waals surface area contributed by atoms with Gasteiger partial charge in [-0.2, -0.15) is 5.10 Å². The summed E-state index contributed by atoms with van der Waals surface area (Å²) in [7, 11) is 1.67. The molecule has 2 heterocycles. The Hall–Kier alpha value is -0.940. The van der Waals surface area contributed by atoms with Gasteiger partial charge in [-0.25, -0.2) is 9.67 Å². The van der Waals surface area contributed by atoms with Crippen LogP contribution in [0.15, 0.2) is 4.99 Å². The molecule has 0 saturated heterocycles. The molecule has 0 amide bonds. The number of aromatic nitrogens is 3. The Morgan fingerprint density at radius 3 is 2.83 bits per heavy atom. The van der Waals surface area contributed by atoms with Crippen molar-refractivity contribution in [2.75, 3.05) is 26.8 Å². The van der Waals surface area contributed by atoms with E-state index in [-0.39, 0.29) is 24.0 Å². The molecule has 1 unspecified atom stereocenters. The van der Waals surface area contributed by atoms with E-state index in [0.29, 0.717) is 18.8 Å². The molecule has 1 atom stereocenters. The summed E-state index contributed by atoms with van der Waals surface area (Å²) in [4.78, 5) is 9.27. The van der Waals surface area contributed by atoms with Crippen molar-refractivity contribution in [2.24, 2.45) is 4.99 Å². The quantitative estimate of drug-likeness (QED) is 0.226. The minimum absolute atomic E-state index is 0. The number of rotatable bonds is 9. The van der Waals surface area contributed by atoms with Crippen molar-refractivity contribution in [3.05, 3.63) is 11.6 Å². The standard InChI is InChI=1S/C20H36N6O2.HI/c1-3-21-20(22-12-7-13-28-17-8-5-4-6-9-17)23-16-10-11-19-24-18(15-27-2)25-26(19)14-16;/h16-17H,3-15H2,1-2H3,(H2,21,22,23);1H. The number of aryl methyl sites for hydroxylation is 1. The first-order chi connectivity index (χ1) is 13.8. The first-order valence-electron chi connectivity index (χ1n) is 10.9. The highest BCUT2D eigenvalue weighted by Gasteiger charge is 2.22. The predicted octanol–water partition coefficient (Wildman–Crippen LogP) is 2.65. The summed E-state index contributed by atoms with van der Waals surface area (Å²) in [5.74, 6) is 2.69. The lowest BCUT2D eigenvalue weighted by Gasteiger charge is -2.25. The van der Waals surface area contributed by atoms with E-state index in [1.54, 1.807) is 7.11 Å². The van der Waals surface area contributed by atoms with Gasteiger partial charge in [0.25, 0.3) is 0 Å². The SMILES string of the molecule is CCNC(=NCCCOC1CCCCC1)NC1CCc2nc(COC)nn2C1.I. The number of hydrogen-bond acceptors (Lipinski definition) is 5. The monoisotopic (exact) mass is 520 g/mol. The third-order valence-electron chi connectivity index (χ3n) is 5.34. The second-order valence-corrected chi connectivity index (χ2v) is 7.68. The third kappa shape index (κ3) is 8.01. The fourth-order valence-corrected chi connectivity index (χ4v) is 3.92. The van der Waals surface area contributed by atoms with Crippen LogP contribution in [0, 0.1) is 0 Å². The molecule has 29 heavy (non-hydrogen) atoms. The average molecular weight is 520 g/mol. The summed E-state index contributed by atoms with van der Waals surface area (Å²) in [5, 5.41) is 11.4. The Bertz CT molecular complexity index is 618. The molecular weight excluding hydrogens is 483 g/mol. The zero-order valence-corrected chi connectivity index (χ0v) is 20.2. The first-order valence-corrected chi connectivity index (χ1v) is 10.9. The molecule has 1 aromatic rings. The van der Waals surface area contributed by atoms with Crippen molar-refractivity contribution in [3.63, 3.8) is 0 Å². The second-order valence-electron chi connectivity index (χ2n) is 7.68. The molecule has 2 N–H and O–H groups in total. The maximum absolute atomic E-state index is 6.00. The first kappa shape index (κ1) is 24.3.